The van der Waals surface area contributed by atoms with E-state index in [1.54, 1.807) is 13.3 Å². The Morgan fingerprint density at radius 3 is 2.76 bits per heavy atom. The number of guanidine groups is 1. The number of hydrogen-bond acceptors (Lipinski definition) is 4. The minimum absolute atomic E-state index is 0.456. The highest BCUT2D eigenvalue weighted by molar-refractivity contribution is 8.00. The molecule has 136 valence electrons. The molecule has 1 atom stereocenters. The Bertz CT molecular complexity index is 602. The molecule has 1 unspecified atom stereocenters. The summed E-state index contributed by atoms with van der Waals surface area (Å²) in [5.74, 6) is 1.68. The van der Waals surface area contributed by atoms with Crippen molar-refractivity contribution < 1.29 is 9.15 Å². The number of thioether (sulfide) groups is 1. The molecule has 1 aromatic heterocycles. The molecule has 0 spiro atoms. The number of hydrogen-bond donors (Lipinski definition) is 2. The zero-order chi connectivity index (χ0) is 17.7. The van der Waals surface area contributed by atoms with Crippen molar-refractivity contribution in [3.05, 3.63) is 54.5 Å². The fraction of sp³-hybridized carbons (Fsp3) is 0.421. The first kappa shape index (κ1) is 19.4. The number of nitrogens with zero attached hydrogens (tertiary/aromatic N) is 1. The number of nitrogens with one attached hydrogen (secondary N) is 2. The third-order valence-electron chi connectivity index (χ3n) is 3.44. The van der Waals surface area contributed by atoms with E-state index >= 15 is 0 Å². The van der Waals surface area contributed by atoms with Crippen LogP contribution in [-0.2, 0) is 11.3 Å². The van der Waals surface area contributed by atoms with Gasteiger partial charge in [-0.25, -0.2) is 0 Å². The van der Waals surface area contributed by atoms with E-state index in [0.29, 0.717) is 18.5 Å². The van der Waals surface area contributed by atoms with E-state index in [-0.39, 0.29) is 0 Å². The number of aliphatic imine (C=N–C) groups is 1. The number of ether oxygens (including phenoxy) is 1. The quantitative estimate of drug-likeness (QED) is 0.293. The van der Waals surface area contributed by atoms with Crippen LogP contribution < -0.4 is 10.6 Å². The Morgan fingerprint density at radius 2 is 2.04 bits per heavy atom. The van der Waals surface area contributed by atoms with Gasteiger partial charge >= 0.3 is 0 Å². The van der Waals surface area contributed by atoms with Crippen molar-refractivity contribution in [1.29, 1.82) is 0 Å². The van der Waals surface area contributed by atoms with E-state index in [9.17, 15) is 0 Å². The van der Waals surface area contributed by atoms with Crippen molar-refractivity contribution in [2.45, 2.75) is 30.1 Å². The molecule has 6 heteroatoms. The monoisotopic (exact) mass is 361 g/mol. The van der Waals surface area contributed by atoms with E-state index in [1.807, 2.05) is 30.0 Å². The van der Waals surface area contributed by atoms with Crippen molar-refractivity contribution in [3.8, 4) is 0 Å². The molecule has 0 saturated heterocycles. The lowest BCUT2D eigenvalue weighted by atomic mass is 10.4. The van der Waals surface area contributed by atoms with Gasteiger partial charge in [0.15, 0.2) is 5.96 Å². The molecule has 0 fully saturated rings. The van der Waals surface area contributed by atoms with Crippen LogP contribution in [-0.4, -0.2) is 38.0 Å². The smallest absolute Gasteiger partial charge is 0.191 e. The largest absolute Gasteiger partial charge is 0.467 e. The van der Waals surface area contributed by atoms with Gasteiger partial charge in [0.1, 0.15) is 12.4 Å². The second-order valence-corrected chi connectivity index (χ2v) is 7.12. The average molecular weight is 362 g/mol. The van der Waals surface area contributed by atoms with Gasteiger partial charge in [-0.1, -0.05) is 25.1 Å². The molecule has 0 aliphatic carbocycles. The predicted molar refractivity (Wildman–Crippen MR) is 104 cm³/mol. The van der Waals surface area contributed by atoms with Crippen LogP contribution in [0.4, 0.5) is 0 Å². The summed E-state index contributed by atoms with van der Waals surface area (Å²) in [4.78, 5) is 5.54. The molecule has 2 aromatic rings. The second kappa shape index (κ2) is 11.6. The minimum Gasteiger partial charge on any atom is -0.467 e. The second-order valence-electron chi connectivity index (χ2n) is 5.61. The van der Waals surface area contributed by atoms with Crippen LogP contribution in [0.1, 0.15) is 19.1 Å². The summed E-state index contributed by atoms with van der Waals surface area (Å²) >= 11 is 1.86. The van der Waals surface area contributed by atoms with Gasteiger partial charge in [-0.15, -0.1) is 11.8 Å². The lowest BCUT2D eigenvalue weighted by molar-refractivity contribution is 0.105. The summed E-state index contributed by atoms with van der Waals surface area (Å²) in [5.41, 5.74) is 0. The van der Waals surface area contributed by atoms with Gasteiger partial charge in [0.05, 0.1) is 6.26 Å². The molecule has 2 N–H and O–H groups in total. The molecule has 1 aromatic carbocycles. The zero-order valence-electron chi connectivity index (χ0n) is 14.9. The molecule has 0 bridgehead atoms. The predicted octanol–water partition coefficient (Wildman–Crippen LogP) is 3.53. The molecule has 25 heavy (non-hydrogen) atoms. The standard InChI is InChI=1S/C19H27N3O2S/c1-16(25-18-9-4-3-5-10-18)14-22-19(20-2)21-11-7-12-23-15-17-8-6-13-24-17/h3-6,8-10,13,16H,7,11-12,14-15H2,1-2H3,(H2,20,21,22). The van der Waals surface area contributed by atoms with Gasteiger partial charge < -0.3 is 19.8 Å². The van der Waals surface area contributed by atoms with Gasteiger partial charge in [0.2, 0.25) is 0 Å². The normalized spacial score (nSPS) is 12.8. The van der Waals surface area contributed by atoms with Crippen LogP contribution in [0.2, 0.25) is 0 Å². The highest BCUT2D eigenvalue weighted by Gasteiger charge is 2.05. The highest BCUT2D eigenvalue weighted by atomic mass is 32.2. The van der Waals surface area contributed by atoms with Crippen LogP contribution in [0, 0.1) is 0 Å². The lowest BCUT2D eigenvalue weighted by Crippen LogP contribution is -2.40. The molecule has 0 aliphatic heterocycles. The third kappa shape index (κ3) is 8.14. The molecule has 0 radical (unpaired) electrons. The maximum Gasteiger partial charge on any atom is 0.191 e. The van der Waals surface area contributed by atoms with Gasteiger partial charge in [-0.05, 0) is 30.7 Å². The van der Waals surface area contributed by atoms with E-state index in [1.165, 1.54) is 4.90 Å². The average Bonchev–Trinajstić information content (AvgIpc) is 3.15. The molecule has 1 heterocycles. The van der Waals surface area contributed by atoms with Crippen LogP contribution >= 0.6 is 11.8 Å². The van der Waals surface area contributed by atoms with E-state index < -0.39 is 0 Å². The van der Waals surface area contributed by atoms with Gasteiger partial charge in [-0.2, -0.15) is 0 Å². The van der Waals surface area contributed by atoms with Crippen LogP contribution in [0.3, 0.4) is 0 Å². The lowest BCUT2D eigenvalue weighted by Gasteiger charge is -2.16. The van der Waals surface area contributed by atoms with Crippen LogP contribution in [0.5, 0.6) is 0 Å². The highest BCUT2D eigenvalue weighted by Crippen LogP contribution is 2.21. The number of rotatable bonds is 10. The Labute approximate surface area is 154 Å². The first-order valence-electron chi connectivity index (χ1n) is 8.54. The summed E-state index contributed by atoms with van der Waals surface area (Å²) in [5, 5.41) is 7.13. The maximum atomic E-state index is 5.56. The Kier molecular flexibility index (Phi) is 9.01. The zero-order valence-corrected chi connectivity index (χ0v) is 15.7. The van der Waals surface area contributed by atoms with E-state index in [0.717, 1.165) is 31.2 Å². The summed E-state index contributed by atoms with van der Waals surface area (Å²) in [7, 11) is 1.79. The van der Waals surface area contributed by atoms with Crippen LogP contribution in [0.15, 0.2) is 63.0 Å². The first-order valence-corrected chi connectivity index (χ1v) is 9.42. The van der Waals surface area contributed by atoms with E-state index in [4.69, 9.17) is 9.15 Å². The van der Waals surface area contributed by atoms with Crippen molar-refractivity contribution in [2.24, 2.45) is 4.99 Å². The first-order chi connectivity index (χ1) is 12.3. The Morgan fingerprint density at radius 1 is 1.20 bits per heavy atom. The third-order valence-corrected chi connectivity index (χ3v) is 4.56. The molecule has 5 nitrogen and oxygen atoms in total. The molecule has 2 rings (SSSR count). The molecular formula is C19H27N3O2S. The Hall–Kier alpha value is -1.92. The van der Waals surface area contributed by atoms with Crippen molar-refractivity contribution in [1.82, 2.24) is 10.6 Å². The minimum atomic E-state index is 0.456. The summed E-state index contributed by atoms with van der Waals surface area (Å²) in [6, 6.07) is 14.2. The molecular weight excluding hydrogens is 334 g/mol. The van der Waals surface area contributed by atoms with Crippen molar-refractivity contribution >= 4 is 17.7 Å². The SMILES string of the molecule is CN=C(NCCCOCc1ccco1)NCC(C)Sc1ccccc1. The topological polar surface area (TPSA) is 58.8 Å². The Balaban J connectivity index is 1.54. The molecule has 0 aliphatic rings. The van der Waals surface area contributed by atoms with Gasteiger partial charge in [0.25, 0.3) is 0 Å². The summed E-state index contributed by atoms with van der Waals surface area (Å²) in [6.45, 7) is 5.09. The van der Waals surface area contributed by atoms with Crippen molar-refractivity contribution in [3.63, 3.8) is 0 Å². The van der Waals surface area contributed by atoms with Gasteiger partial charge in [0, 0.05) is 36.9 Å². The summed E-state index contributed by atoms with van der Waals surface area (Å²) < 4.78 is 10.8. The maximum absolute atomic E-state index is 5.56. The fourth-order valence-electron chi connectivity index (χ4n) is 2.18. The number of benzene rings is 1. The molecule has 0 saturated carbocycles. The van der Waals surface area contributed by atoms with E-state index in [2.05, 4.69) is 46.8 Å². The van der Waals surface area contributed by atoms with Crippen molar-refractivity contribution in [2.75, 3.05) is 26.7 Å². The number of furan rings is 1. The van der Waals surface area contributed by atoms with Crippen LogP contribution in [0.25, 0.3) is 0 Å². The van der Waals surface area contributed by atoms with Gasteiger partial charge in [-0.3, -0.25) is 4.99 Å². The molecule has 0 amide bonds. The summed E-state index contributed by atoms with van der Waals surface area (Å²) in [6.07, 6.45) is 2.57. The fourth-order valence-corrected chi connectivity index (χ4v) is 3.13.